The molecule has 2 saturated heterocycles. The van der Waals surface area contributed by atoms with Gasteiger partial charge in [-0.05, 0) is 37.5 Å². The molecule has 0 spiro atoms. The van der Waals surface area contributed by atoms with Crippen molar-refractivity contribution in [3.8, 4) is 0 Å². The van der Waals surface area contributed by atoms with Crippen LogP contribution in [-0.4, -0.2) is 57.4 Å². The van der Waals surface area contributed by atoms with Gasteiger partial charge in [0.15, 0.2) is 6.29 Å². The Morgan fingerprint density at radius 2 is 1.82 bits per heavy atom. The second kappa shape index (κ2) is 10.9. The number of hydrogen-bond acceptors (Lipinski definition) is 7. The summed E-state index contributed by atoms with van der Waals surface area (Å²) in [5.74, 6) is 2.38. The Labute approximate surface area is 194 Å². The lowest BCUT2D eigenvalue weighted by atomic mass is 9.95. The third-order valence-corrected chi connectivity index (χ3v) is 6.16. The van der Waals surface area contributed by atoms with E-state index in [1.807, 2.05) is 4.90 Å². The number of carbonyl (C=O) groups excluding carboxylic acids is 3. The molecule has 3 rings (SSSR count). The molecule has 11 heteroatoms. The first kappa shape index (κ1) is 25.5. The molecule has 2 N–H and O–H groups in total. The van der Waals surface area contributed by atoms with Crippen LogP contribution in [0.2, 0.25) is 0 Å². The van der Waals surface area contributed by atoms with Gasteiger partial charge < -0.3 is 25.0 Å². The van der Waals surface area contributed by atoms with Gasteiger partial charge in [-0.3, -0.25) is 4.79 Å². The molecule has 0 aromatic heterocycles. The third-order valence-electron chi connectivity index (χ3n) is 6.16. The van der Waals surface area contributed by atoms with Crippen molar-refractivity contribution < 1.29 is 37.0 Å². The maximum Gasteiger partial charge on any atom is 0.417 e. The van der Waals surface area contributed by atoms with E-state index in [9.17, 15) is 27.6 Å². The molecule has 0 unspecified atom stereocenters. The van der Waals surface area contributed by atoms with Gasteiger partial charge in [0.25, 0.3) is 5.91 Å². The minimum atomic E-state index is -4.76. The largest absolute Gasteiger partial charge is 0.417 e. The van der Waals surface area contributed by atoms with E-state index < -0.39 is 29.3 Å². The standard InChI is InChI=1S/C23H26F3N3O5/c1-33-22(34-2)14-7-9-29(10-8-14)16-4-5-17(18(11-16)23(24,25)26)21(32)28-19-6-3-15(12-30)27-20(19)13-31/h4-5,11,14,19,22,27H,3,6-10H2,1-2H3,(H,28,32)/t19-/m0/s1. The average molecular weight is 481 g/mol. The summed E-state index contributed by atoms with van der Waals surface area (Å²) >= 11 is 0. The molecule has 184 valence electrons. The Morgan fingerprint density at radius 3 is 2.38 bits per heavy atom. The van der Waals surface area contributed by atoms with E-state index in [1.165, 1.54) is 6.07 Å². The van der Waals surface area contributed by atoms with Crippen molar-refractivity contribution in [3.63, 3.8) is 0 Å². The number of nitrogens with one attached hydrogen (secondary N) is 2. The van der Waals surface area contributed by atoms with Gasteiger partial charge in [0, 0.05) is 45.3 Å². The molecule has 8 nitrogen and oxygen atoms in total. The number of rotatable bonds is 6. The van der Waals surface area contributed by atoms with Crippen molar-refractivity contribution in [3.05, 3.63) is 40.7 Å². The van der Waals surface area contributed by atoms with Crippen LogP contribution in [0.4, 0.5) is 18.9 Å². The van der Waals surface area contributed by atoms with E-state index in [1.54, 1.807) is 26.1 Å². The smallest absolute Gasteiger partial charge is 0.371 e. The number of hydrogen-bond donors (Lipinski definition) is 2. The molecule has 2 aliphatic heterocycles. The van der Waals surface area contributed by atoms with Crippen LogP contribution in [0.1, 0.15) is 41.6 Å². The monoisotopic (exact) mass is 481 g/mol. The van der Waals surface area contributed by atoms with Gasteiger partial charge >= 0.3 is 6.18 Å². The predicted octanol–water partition coefficient (Wildman–Crippen LogP) is 2.45. The van der Waals surface area contributed by atoms with Gasteiger partial charge in [0.2, 0.25) is 0 Å². The van der Waals surface area contributed by atoms with Crippen LogP contribution in [0.3, 0.4) is 0 Å². The van der Waals surface area contributed by atoms with Crippen LogP contribution < -0.4 is 15.5 Å². The zero-order chi connectivity index (χ0) is 24.9. The first-order chi connectivity index (χ1) is 16.2. The number of amides is 1. The maximum atomic E-state index is 13.9. The second-order valence-electron chi connectivity index (χ2n) is 8.18. The van der Waals surface area contributed by atoms with Crippen molar-refractivity contribution in [2.45, 2.75) is 44.2 Å². The minimum Gasteiger partial charge on any atom is -0.371 e. The Morgan fingerprint density at radius 1 is 1.15 bits per heavy atom. The van der Waals surface area contributed by atoms with Crippen LogP contribution in [-0.2, 0) is 25.2 Å². The SMILES string of the molecule is COC(OC)C1CCN(c2ccc(C(=O)N[C@H]3CCC(=C=O)NC3=C=O)c(C(F)(F)F)c2)CC1. The van der Waals surface area contributed by atoms with E-state index in [4.69, 9.17) is 9.47 Å². The summed E-state index contributed by atoms with van der Waals surface area (Å²) in [7, 11) is 3.10. The quantitative estimate of drug-likeness (QED) is 0.476. The molecule has 1 atom stereocenters. The fraction of sp³-hybridized carbons (Fsp3) is 0.522. The van der Waals surface area contributed by atoms with Crippen molar-refractivity contribution in [1.29, 1.82) is 0 Å². The number of alkyl halides is 3. The predicted molar refractivity (Wildman–Crippen MR) is 116 cm³/mol. The van der Waals surface area contributed by atoms with Gasteiger partial charge in [-0.2, -0.15) is 13.2 Å². The van der Waals surface area contributed by atoms with E-state index in [-0.39, 0.29) is 36.4 Å². The molecule has 34 heavy (non-hydrogen) atoms. The molecule has 2 aliphatic rings. The van der Waals surface area contributed by atoms with Gasteiger partial charge in [0.1, 0.15) is 23.3 Å². The van der Waals surface area contributed by atoms with Crippen LogP contribution in [0.5, 0.6) is 0 Å². The number of nitrogens with zero attached hydrogens (tertiary/aromatic N) is 1. The summed E-state index contributed by atoms with van der Waals surface area (Å²) < 4.78 is 52.2. The molecule has 0 saturated carbocycles. The highest BCUT2D eigenvalue weighted by atomic mass is 19.4. The molecule has 1 amide bonds. The van der Waals surface area contributed by atoms with Crippen molar-refractivity contribution in [1.82, 2.24) is 10.6 Å². The number of halogens is 3. The summed E-state index contributed by atoms with van der Waals surface area (Å²) in [6.45, 7) is 1.04. The van der Waals surface area contributed by atoms with Gasteiger partial charge in [-0.15, -0.1) is 0 Å². The molecule has 0 bridgehead atoms. The lowest BCUT2D eigenvalue weighted by Gasteiger charge is -2.36. The molecule has 1 aromatic rings. The molecule has 2 heterocycles. The van der Waals surface area contributed by atoms with E-state index >= 15 is 0 Å². The Kier molecular flexibility index (Phi) is 8.17. The average Bonchev–Trinajstić information content (AvgIpc) is 2.84. The zero-order valence-electron chi connectivity index (χ0n) is 18.8. The third kappa shape index (κ3) is 5.69. The van der Waals surface area contributed by atoms with Crippen molar-refractivity contribution in [2.75, 3.05) is 32.2 Å². The topological polar surface area (TPSA) is 97.0 Å². The van der Waals surface area contributed by atoms with Crippen molar-refractivity contribution in [2.24, 2.45) is 5.92 Å². The number of benzene rings is 1. The van der Waals surface area contributed by atoms with Crippen LogP contribution >= 0.6 is 0 Å². The summed E-state index contributed by atoms with van der Waals surface area (Å²) in [5, 5.41) is 4.94. The first-order valence-electron chi connectivity index (χ1n) is 10.8. The molecule has 0 radical (unpaired) electrons. The number of methoxy groups -OCH3 is 2. The molecular formula is C23H26F3N3O5. The lowest BCUT2D eigenvalue weighted by Crippen LogP contribution is -2.44. The highest BCUT2D eigenvalue weighted by Crippen LogP contribution is 2.36. The highest BCUT2D eigenvalue weighted by Gasteiger charge is 2.37. The zero-order valence-corrected chi connectivity index (χ0v) is 18.8. The van der Waals surface area contributed by atoms with Gasteiger partial charge in [0.05, 0.1) is 17.2 Å². The number of ether oxygens (including phenoxy) is 2. The Hall–Kier alpha value is -3.10. The Bertz CT molecular complexity index is 1000. The number of allylic oxidation sites excluding steroid dienone is 1. The van der Waals surface area contributed by atoms with Gasteiger partial charge in [-0.25, -0.2) is 9.59 Å². The second-order valence-corrected chi connectivity index (χ2v) is 8.18. The van der Waals surface area contributed by atoms with E-state index in [0.29, 0.717) is 31.6 Å². The summed E-state index contributed by atoms with van der Waals surface area (Å²) in [4.78, 5) is 36.5. The molecule has 0 aliphatic carbocycles. The number of piperidine rings is 2. The molecule has 2 fully saturated rings. The van der Waals surface area contributed by atoms with Crippen molar-refractivity contribution >= 4 is 23.5 Å². The summed E-state index contributed by atoms with van der Waals surface area (Å²) in [6.07, 6.45) is -3.41. The van der Waals surface area contributed by atoms with Crippen LogP contribution in [0.25, 0.3) is 0 Å². The van der Waals surface area contributed by atoms with E-state index in [2.05, 4.69) is 10.6 Å². The lowest BCUT2D eigenvalue weighted by molar-refractivity contribution is -0.141. The fourth-order valence-electron chi connectivity index (χ4n) is 4.37. The fourth-order valence-corrected chi connectivity index (χ4v) is 4.37. The van der Waals surface area contributed by atoms with E-state index in [0.717, 1.165) is 12.1 Å². The number of anilines is 1. The van der Waals surface area contributed by atoms with Crippen LogP contribution in [0.15, 0.2) is 29.6 Å². The summed E-state index contributed by atoms with van der Waals surface area (Å²) in [5.41, 5.74) is -1.26. The van der Waals surface area contributed by atoms with Crippen LogP contribution in [0, 0.1) is 5.92 Å². The molecule has 1 aromatic carbocycles. The Balaban J connectivity index is 1.78. The summed E-state index contributed by atoms with van der Waals surface area (Å²) in [6, 6.07) is 2.71. The highest BCUT2D eigenvalue weighted by molar-refractivity contribution is 5.97. The normalized spacial score (nSPS) is 19.5. The first-order valence-corrected chi connectivity index (χ1v) is 10.8. The maximum absolute atomic E-state index is 13.9. The minimum absolute atomic E-state index is 0.121. The van der Waals surface area contributed by atoms with Gasteiger partial charge in [-0.1, -0.05) is 0 Å². The molecular weight excluding hydrogens is 455 g/mol. The number of carbonyl (C=O) groups is 1.